The molecule has 0 aliphatic rings. The number of rotatable bonds is 6. The van der Waals surface area contributed by atoms with Gasteiger partial charge in [-0.2, -0.15) is 9.50 Å². The summed E-state index contributed by atoms with van der Waals surface area (Å²) in [6.07, 6.45) is 4.97. The lowest BCUT2D eigenvalue weighted by Gasteiger charge is -2.09. The molecule has 0 amide bonds. The highest BCUT2D eigenvalue weighted by atomic mass is 32.1. The topological polar surface area (TPSA) is 78.9 Å². The van der Waals surface area contributed by atoms with Crippen molar-refractivity contribution in [3.63, 3.8) is 0 Å². The molecule has 0 N–H and O–H groups in total. The van der Waals surface area contributed by atoms with Gasteiger partial charge in [0.05, 0.1) is 17.9 Å². The Hall–Kier alpha value is -3.39. The standard InChI is InChI=1S/C19H15N3O4S/c1-3-8-25-13-7-6-12(10-15(13)24-2)11-16-18(23)22-19(27-16)20-17(21-22)14-5-4-9-26-14/h3-7,9-11H,1,8H2,2H3/b16-11-. The lowest BCUT2D eigenvalue weighted by atomic mass is 10.2. The summed E-state index contributed by atoms with van der Waals surface area (Å²) in [6, 6.07) is 8.95. The first-order valence-corrected chi connectivity index (χ1v) is 8.88. The van der Waals surface area contributed by atoms with Crippen LogP contribution in [0.4, 0.5) is 0 Å². The van der Waals surface area contributed by atoms with Crippen molar-refractivity contribution in [2.75, 3.05) is 13.7 Å². The van der Waals surface area contributed by atoms with E-state index in [0.717, 1.165) is 5.56 Å². The molecule has 27 heavy (non-hydrogen) atoms. The number of nitrogens with zero attached hydrogens (tertiary/aromatic N) is 3. The molecule has 0 saturated heterocycles. The van der Waals surface area contributed by atoms with Crippen LogP contribution in [0.5, 0.6) is 11.5 Å². The molecule has 1 aromatic carbocycles. The molecule has 136 valence electrons. The van der Waals surface area contributed by atoms with Crippen molar-refractivity contribution < 1.29 is 13.9 Å². The van der Waals surface area contributed by atoms with Gasteiger partial charge in [0, 0.05) is 0 Å². The minimum absolute atomic E-state index is 0.230. The van der Waals surface area contributed by atoms with E-state index in [2.05, 4.69) is 16.7 Å². The number of hydrogen-bond acceptors (Lipinski definition) is 7. The van der Waals surface area contributed by atoms with Crippen LogP contribution in [0.25, 0.3) is 22.6 Å². The van der Waals surface area contributed by atoms with Crippen LogP contribution in [-0.4, -0.2) is 28.3 Å². The summed E-state index contributed by atoms with van der Waals surface area (Å²) in [5, 5.41) is 4.23. The Labute approximate surface area is 157 Å². The maximum atomic E-state index is 12.6. The molecule has 4 aromatic rings. The van der Waals surface area contributed by atoms with Crippen molar-refractivity contribution in [2.45, 2.75) is 0 Å². The van der Waals surface area contributed by atoms with Crippen LogP contribution in [0.1, 0.15) is 5.56 Å². The molecule has 0 aliphatic carbocycles. The normalized spacial score (nSPS) is 11.8. The van der Waals surface area contributed by atoms with Crippen LogP contribution >= 0.6 is 11.3 Å². The largest absolute Gasteiger partial charge is 0.493 e. The summed E-state index contributed by atoms with van der Waals surface area (Å²) in [5.41, 5.74) is 0.580. The Morgan fingerprint density at radius 2 is 2.22 bits per heavy atom. The van der Waals surface area contributed by atoms with Gasteiger partial charge in [-0.15, -0.1) is 5.10 Å². The highest BCUT2D eigenvalue weighted by Gasteiger charge is 2.13. The Bertz CT molecular complexity index is 1210. The predicted molar refractivity (Wildman–Crippen MR) is 102 cm³/mol. The lowest BCUT2D eigenvalue weighted by Crippen LogP contribution is -2.23. The number of hydrogen-bond donors (Lipinski definition) is 0. The van der Waals surface area contributed by atoms with Crippen LogP contribution in [0.15, 0.2) is 58.5 Å². The summed E-state index contributed by atoms with van der Waals surface area (Å²) >= 11 is 1.26. The highest BCUT2D eigenvalue weighted by molar-refractivity contribution is 7.15. The first-order chi connectivity index (χ1) is 13.2. The number of furan rings is 1. The van der Waals surface area contributed by atoms with Gasteiger partial charge in [-0.3, -0.25) is 4.79 Å². The minimum atomic E-state index is -0.230. The van der Waals surface area contributed by atoms with Crippen molar-refractivity contribution in [3.8, 4) is 23.1 Å². The molecule has 0 atom stereocenters. The van der Waals surface area contributed by atoms with Gasteiger partial charge in [-0.25, -0.2) is 0 Å². The summed E-state index contributed by atoms with van der Waals surface area (Å²) in [7, 11) is 1.57. The molecular formula is C19H15N3O4S. The van der Waals surface area contributed by atoms with E-state index in [1.807, 2.05) is 12.1 Å². The van der Waals surface area contributed by atoms with Gasteiger partial charge in [0.25, 0.3) is 5.56 Å². The van der Waals surface area contributed by atoms with Crippen molar-refractivity contribution >= 4 is 22.4 Å². The van der Waals surface area contributed by atoms with Gasteiger partial charge in [0.2, 0.25) is 10.8 Å². The Morgan fingerprint density at radius 3 is 2.93 bits per heavy atom. The van der Waals surface area contributed by atoms with E-state index in [4.69, 9.17) is 13.9 Å². The maximum Gasteiger partial charge on any atom is 0.291 e. The molecule has 0 fully saturated rings. The smallest absolute Gasteiger partial charge is 0.291 e. The maximum absolute atomic E-state index is 12.6. The van der Waals surface area contributed by atoms with Gasteiger partial charge in [-0.1, -0.05) is 30.1 Å². The van der Waals surface area contributed by atoms with E-state index in [9.17, 15) is 4.79 Å². The average Bonchev–Trinajstić information content (AvgIpc) is 3.39. The fraction of sp³-hybridized carbons (Fsp3) is 0.105. The number of thiazole rings is 1. The fourth-order valence-corrected chi connectivity index (χ4v) is 3.44. The summed E-state index contributed by atoms with van der Waals surface area (Å²) in [4.78, 5) is 17.5. The predicted octanol–water partition coefficient (Wildman–Crippen LogP) is 2.53. The van der Waals surface area contributed by atoms with Gasteiger partial charge in [0.15, 0.2) is 17.3 Å². The molecule has 0 radical (unpaired) electrons. The van der Waals surface area contributed by atoms with E-state index in [1.54, 1.807) is 37.5 Å². The average molecular weight is 381 g/mol. The molecule has 0 saturated carbocycles. The SMILES string of the molecule is C=CCOc1ccc(/C=c2\sc3nc(-c4ccco4)nn3c2=O)cc1OC. The zero-order valence-corrected chi connectivity index (χ0v) is 15.2. The van der Waals surface area contributed by atoms with Crippen LogP contribution in [0, 0.1) is 0 Å². The van der Waals surface area contributed by atoms with Crippen molar-refractivity contribution in [2.24, 2.45) is 0 Å². The molecule has 3 aromatic heterocycles. The molecule has 0 spiro atoms. The zero-order chi connectivity index (χ0) is 18.8. The number of benzene rings is 1. The van der Waals surface area contributed by atoms with Gasteiger partial charge in [0.1, 0.15) is 6.61 Å². The minimum Gasteiger partial charge on any atom is -0.493 e. The van der Waals surface area contributed by atoms with Crippen LogP contribution in [0.3, 0.4) is 0 Å². The molecule has 7 nitrogen and oxygen atoms in total. The van der Waals surface area contributed by atoms with Crippen molar-refractivity contribution in [3.05, 3.63) is 69.7 Å². The van der Waals surface area contributed by atoms with E-state index < -0.39 is 0 Å². The Kier molecular flexibility index (Phi) is 4.47. The second-order valence-corrected chi connectivity index (χ2v) is 6.54. The second kappa shape index (κ2) is 7.08. The van der Waals surface area contributed by atoms with Crippen LogP contribution < -0.4 is 19.6 Å². The number of methoxy groups -OCH3 is 1. The van der Waals surface area contributed by atoms with E-state index in [-0.39, 0.29) is 5.56 Å². The Balaban J connectivity index is 1.72. The van der Waals surface area contributed by atoms with E-state index >= 15 is 0 Å². The van der Waals surface area contributed by atoms with E-state index in [1.165, 1.54) is 22.1 Å². The molecule has 0 aliphatic heterocycles. The first kappa shape index (κ1) is 17.0. The molecule has 0 unspecified atom stereocenters. The van der Waals surface area contributed by atoms with Gasteiger partial charge in [-0.05, 0) is 35.9 Å². The third-order valence-electron chi connectivity index (χ3n) is 3.77. The number of aromatic nitrogens is 3. The van der Waals surface area contributed by atoms with Crippen molar-refractivity contribution in [1.29, 1.82) is 0 Å². The lowest BCUT2D eigenvalue weighted by molar-refractivity contribution is 0.326. The summed E-state index contributed by atoms with van der Waals surface area (Å²) in [6.45, 7) is 4.01. The molecule has 4 rings (SSSR count). The fourth-order valence-electron chi connectivity index (χ4n) is 2.54. The van der Waals surface area contributed by atoms with Gasteiger partial charge >= 0.3 is 0 Å². The van der Waals surface area contributed by atoms with Crippen LogP contribution in [0.2, 0.25) is 0 Å². The van der Waals surface area contributed by atoms with Crippen molar-refractivity contribution in [1.82, 2.24) is 14.6 Å². The molecular weight excluding hydrogens is 366 g/mol. The quantitative estimate of drug-likeness (QED) is 0.478. The monoisotopic (exact) mass is 381 g/mol. The highest BCUT2D eigenvalue weighted by Crippen LogP contribution is 2.28. The zero-order valence-electron chi connectivity index (χ0n) is 14.4. The third kappa shape index (κ3) is 3.22. The molecule has 8 heteroatoms. The second-order valence-electron chi connectivity index (χ2n) is 5.53. The number of ether oxygens (including phenoxy) is 2. The van der Waals surface area contributed by atoms with Crippen LogP contribution in [-0.2, 0) is 0 Å². The third-order valence-corrected chi connectivity index (χ3v) is 4.72. The van der Waals surface area contributed by atoms with Gasteiger partial charge < -0.3 is 13.9 Å². The summed E-state index contributed by atoms with van der Waals surface area (Å²) < 4.78 is 18.0. The molecule has 0 bridgehead atoms. The first-order valence-electron chi connectivity index (χ1n) is 8.06. The Morgan fingerprint density at radius 1 is 1.33 bits per heavy atom. The molecule has 3 heterocycles. The summed E-state index contributed by atoms with van der Waals surface area (Å²) in [5.74, 6) is 2.11. The van der Waals surface area contributed by atoms with E-state index in [0.29, 0.717) is 39.2 Å². The number of fused-ring (bicyclic) bond motifs is 1.